The van der Waals surface area contributed by atoms with Gasteiger partial charge in [0, 0.05) is 0 Å². The monoisotopic (exact) mass is 360 g/mol. The molecule has 0 bridgehead atoms. The predicted octanol–water partition coefficient (Wildman–Crippen LogP) is 2.26. The Kier molecular flexibility index (Phi) is 5.66. The summed E-state index contributed by atoms with van der Waals surface area (Å²) in [4.78, 5) is 23.0. The van der Waals surface area contributed by atoms with Gasteiger partial charge in [-0.05, 0) is 31.9 Å². The van der Waals surface area contributed by atoms with Crippen molar-refractivity contribution < 1.29 is 19.8 Å². The van der Waals surface area contributed by atoms with Gasteiger partial charge in [-0.1, -0.05) is 31.5 Å². The Balaban J connectivity index is 2.18. The number of nitrogens with zero attached hydrogens (tertiary/aromatic N) is 2. The van der Waals surface area contributed by atoms with Crippen molar-refractivity contribution in [1.82, 2.24) is 15.1 Å². The molecule has 2 amide bonds. The number of carboxylic acid groups (broad SMARTS) is 1. The van der Waals surface area contributed by atoms with E-state index in [2.05, 4.69) is 15.7 Å². The number of benzene rings is 1. The minimum Gasteiger partial charge on any atom is -0.479 e. The lowest BCUT2D eigenvalue weighted by Crippen LogP contribution is -2.47. The Bertz CT molecular complexity index is 794. The fourth-order valence-corrected chi connectivity index (χ4v) is 2.40. The molecule has 26 heavy (non-hydrogen) atoms. The van der Waals surface area contributed by atoms with E-state index in [9.17, 15) is 14.7 Å². The minimum absolute atomic E-state index is 0.0798. The quantitative estimate of drug-likeness (QED) is 0.630. The zero-order chi connectivity index (χ0) is 19.5. The molecular weight excluding hydrogens is 336 g/mol. The lowest BCUT2D eigenvalue weighted by Gasteiger charge is -2.19. The third-order valence-electron chi connectivity index (χ3n) is 3.93. The summed E-state index contributed by atoms with van der Waals surface area (Å²) in [6.07, 6.45) is 1.55. The Hall–Kier alpha value is -2.87. The van der Waals surface area contributed by atoms with E-state index >= 15 is 0 Å². The number of carbonyl (C=O) groups is 2. The molecule has 0 saturated heterocycles. The molecule has 1 aromatic carbocycles. The van der Waals surface area contributed by atoms with Gasteiger partial charge < -0.3 is 20.8 Å². The zero-order valence-electron chi connectivity index (χ0n) is 15.3. The number of aliphatic carboxylic acids is 1. The lowest BCUT2D eigenvalue weighted by atomic mass is 10.1. The SMILES string of the molecule is Cc1ccc(-n2ncc(NC(=O)NCC(C)(O)C(=O)O)c2C(C)C)cc1. The van der Waals surface area contributed by atoms with Gasteiger partial charge in [0.15, 0.2) is 5.60 Å². The van der Waals surface area contributed by atoms with Gasteiger partial charge in [-0.25, -0.2) is 14.3 Å². The maximum Gasteiger partial charge on any atom is 0.337 e. The molecule has 1 heterocycles. The number of carbonyl (C=O) groups excluding carboxylic acids is 1. The molecule has 0 aliphatic rings. The van der Waals surface area contributed by atoms with Crippen molar-refractivity contribution in [2.75, 3.05) is 11.9 Å². The number of aromatic nitrogens is 2. The number of carboxylic acids is 1. The maximum absolute atomic E-state index is 12.1. The van der Waals surface area contributed by atoms with Gasteiger partial charge >= 0.3 is 12.0 Å². The highest BCUT2D eigenvalue weighted by molar-refractivity contribution is 5.90. The summed E-state index contributed by atoms with van der Waals surface area (Å²) in [5, 5.41) is 27.9. The molecule has 140 valence electrons. The van der Waals surface area contributed by atoms with E-state index in [1.54, 1.807) is 10.9 Å². The molecule has 8 heteroatoms. The molecular formula is C18H24N4O4. The first kappa shape index (κ1) is 19.5. The van der Waals surface area contributed by atoms with E-state index in [4.69, 9.17) is 5.11 Å². The van der Waals surface area contributed by atoms with Crippen LogP contribution in [-0.4, -0.2) is 44.1 Å². The van der Waals surface area contributed by atoms with Gasteiger partial charge in [0.2, 0.25) is 0 Å². The van der Waals surface area contributed by atoms with Crippen LogP contribution in [-0.2, 0) is 4.79 Å². The van der Waals surface area contributed by atoms with Gasteiger partial charge in [-0.15, -0.1) is 0 Å². The Morgan fingerprint density at radius 3 is 2.42 bits per heavy atom. The molecule has 0 radical (unpaired) electrons. The van der Waals surface area contributed by atoms with Crippen LogP contribution in [0.25, 0.3) is 5.69 Å². The molecule has 2 rings (SSSR count). The van der Waals surface area contributed by atoms with Crippen molar-refractivity contribution in [3.05, 3.63) is 41.7 Å². The summed E-state index contributed by atoms with van der Waals surface area (Å²) < 4.78 is 1.76. The number of aliphatic hydroxyl groups is 1. The second kappa shape index (κ2) is 7.57. The summed E-state index contributed by atoms with van der Waals surface area (Å²) in [5.74, 6) is -1.33. The summed E-state index contributed by atoms with van der Waals surface area (Å²) in [7, 11) is 0. The number of urea groups is 1. The van der Waals surface area contributed by atoms with Crippen LogP contribution in [0.3, 0.4) is 0 Å². The molecule has 0 aliphatic heterocycles. The highest BCUT2D eigenvalue weighted by Crippen LogP contribution is 2.27. The number of anilines is 1. The number of rotatable bonds is 6. The molecule has 4 N–H and O–H groups in total. The van der Waals surface area contributed by atoms with E-state index in [-0.39, 0.29) is 5.92 Å². The molecule has 8 nitrogen and oxygen atoms in total. The minimum atomic E-state index is -2.04. The highest BCUT2D eigenvalue weighted by Gasteiger charge is 2.30. The van der Waals surface area contributed by atoms with Crippen molar-refractivity contribution in [2.45, 2.75) is 39.2 Å². The van der Waals surface area contributed by atoms with E-state index < -0.39 is 24.1 Å². The third kappa shape index (κ3) is 4.40. The van der Waals surface area contributed by atoms with Crippen LogP contribution in [0.1, 0.15) is 37.9 Å². The molecule has 0 spiro atoms. The van der Waals surface area contributed by atoms with Gasteiger partial charge in [0.05, 0.1) is 29.8 Å². The first-order chi connectivity index (χ1) is 12.1. The van der Waals surface area contributed by atoms with Crippen molar-refractivity contribution in [3.63, 3.8) is 0 Å². The van der Waals surface area contributed by atoms with Crippen molar-refractivity contribution >= 4 is 17.7 Å². The Morgan fingerprint density at radius 2 is 1.88 bits per heavy atom. The number of aryl methyl sites for hydroxylation is 1. The third-order valence-corrected chi connectivity index (χ3v) is 3.93. The standard InChI is InChI=1S/C18H24N4O4/c1-11(2)15-14(21-17(25)19-10-18(4,26)16(23)24)9-20-22(15)13-7-5-12(3)6-8-13/h5-9,11,26H,10H2,1-4H3,(H,23,24)(H2,19,21,25). The van der Waals surface area contributed by atoms with Crippen LogP contribution < -0.4 is 10.6 Å². The summed E-state index contributed by atoms with van der Waals surface area (Å²) in [5.41, 5.74) is 1.31. The number of hydrogen-bond donors (Lipinski definition) is 4. The normalized spacial score (nSPS) is 13.3. The topological polar surface area (TPSA) is 116 Å². The number of hydrogen-bond acceptors (Lipinski definition) is 4. The van der Waals surface area contributed by atoms with Crippen LogP contribution >= 0.6 is 0 Å². The average molecular weight is 360 g/mol. The van der Waals surface area contributed by atoms with Gasteiger partial charge in [0.25, 0.3) is 0 Å². The molecule has 0 aliphatic carbocycles. The van der Waals surface area contributed by atoms with Crippen molar-refractivity contribution in [2.24, 2.45) is 0 Å². The summed E-state index contributed by atoms with van der Waals surface area (Å²) >= 11 is 0. The molecule has 1 unspecified atom stereocenters. The fourth-order valence-electron chi connectivity index (χ4n) is 2.40. The van der Waals surface area contributed by atoms with Gasteiger partial charge in [0.1, 0.15) is 0 Å². The predicted molar refractivity (Wildman–Crippen MR) is 97.7 cm³/mol. The van der Waals surface area contributed by atoms with Crippen LogP contribution in [0, 0.1) is 6.92 Å². The van der Waals surface area contributed by atoms with Gasteiger partial charge in [-0.3, -0.25) is 0 Å². The van der Waals surface area contributed by atoms with E-state index in [0.29, 0.717) is 5.69 Å². The molecule has 0 fully saturated rings. The number of amides is 2. The largest absolute Gasteiger partial charge is 0.479 e. The Morgan fingerprint density at radius 1 is 1.27 bits per heavy atom. The highest BCUT2D eigenvalue weighted by atomic mass is 16.4. The van der Waals surface area contributed by atoms with E-state index in [1.807, 2.05) is 45.0 Å². The van der Waals surface area contributed by atoms with E-state index in [1.165, 1.54) is 0 Å². The summed E-state index contributed by atoms with van der Waals surface area (Å²) in [6, 6.07) is 7.24. The second-order valence-electron chi connectivity index (χ2n) is 6.73. The molecule has 1 atom stereocenters. The number of nitrogens with one attached hydrogen (secondary N) is 2. The van der Waals surface area contributed by atoms with Gasteiger partial charge in [-0.2, -0.15) is 5.10 Å². The van der Waals surface area contributed by atoms with Crippen LogP contribution in [0.5, 0.6) is 0 Å². The first-order valence-electron chi connectivity index (χ1n) is 8.27. The average Bonchev–Trinajstić information content (AvgIpc) is 2.97. The van der Waals surface area contributed by atoms with Crippen LogP contribution in [0.2, 0.25) is 0 Å². The van der Waals surface area contributed by atoms with Crippen LogP contribution in [0.15, 0.2) is 30.5 Å². The lowest BCUT2D eigenvalue weighted by molar-refractivity contribution is -0.155. The van der Waals surface area contributed by atoms with Crippen molar-refractivity contribution in [1.29, 1.82) is 0 Å². The van der Waals surface area contributed by atoms with Crippen LogP contribution in [0.4, 0.5) is 10.5 Å². The van der Waals surface area contributed by atoms with Crippen molar-refractivity contribution in [3.8, 4) is 5.69 Å². The fraction of sp³-hybridized carbons (Fsp3) is 0.389. The zero-order valence-corrected chi connectivity index (χ0v) is 15.3. The molecule has 0 saturated carbocycles. The summed E-state index contributed by atoms with van der Waals surface area (Å²) in [6.45, 7) is 6.67. The maximum atomic E-state index is 12.1. The second-order valence-corrected chi connectivity index (χ2v) is 6.73. The first-order valence-corrected chi connectivity index (χ1v) is 8.27. The smallest absolute Gasteiger partial charge is 0.337 e. The molecule has 2 aromatic rings. The molecule has 1 aromatic heterocycles. The Labute approximate surface area is 151 Å². The van der Waals surface area contributed by atoms with E-state index in [0.717, 1.165) is 23.9 Å².